The third-order valence-electron chi connectivity index (χ3n) is 3.14. The average Bonchev–Trinajstić information content (AvgIpc) is 2.73. The number of likely N-dealkylation sites (tertiary alicyclic amines) is 1. The van der Waals surface area contributed by atoms with Crippen molar-refractivity contribution >= 4 is 15.7 Å². The number of rotatable bonds is 3. The number of sulfonamides is 1. The highest BCUT2D eigenvalue weighted by atomic mass is 32.2. The van der Waals surface area contributed by atoms with Crippen molar-refractivity contribution in [1.82, 2.24) is 9.62 Å². The lowest BCUT2D eigenvalue weighted by Crippen LogP contribution is -2.36. The number of nitrogens with zero attached hydrogens (tertiary/aromatic N) is 2. The minimum atomic E-state index is -3.63. The molecule has 0 spiro atoms. The van der Waals surface area contributed by atoms with Gasteiger partial charge in [0.2, 0.25) is 10.0 Å². The minimum Gasteiger partial charge on any atom is -0.398 e. The monoisotopic (exact) mass is 280 g/mol. The minimum absolute atomic E-state index is 0.0288. The van der Waals surface area contributed by atoms with Gasteiger partial charge < -0.3 is 10.6 Å². The first kappa shape index (κ1) is 13.8. The molecule has 2 rings (SSSR count). The number of likely N-dealkylation sites (N-methyl/N-ethyl adjacent to an activating group) is 1. The van der Waals surface area contributed by atoms with Crippen molar-refractivity contribution in [2.45, 2.75) is 17.4 Å². The Labute approximate surface area is 112 Å². The van der Waals surface area contributed by atoms with Gasteiger partial charge in [-0.05, 0) is 38.2 Å². The molecule has 1 aromatic carbocycles. The van der Waals surface area contributed by atoms with Gasteiger partial charge in [0.05, 0.1) is 17.3 Å². The molecule has 1 heterocycles. The molecule has 102 valence electrons. The molecule has 19 heavy (non-hydrogen) atoms. The smallest absolute Gasteiger partial charge is 0.242 e. The molecule has 0 bridgehead atoms. The predicted octanol–water partition coefficient (Wildman–Crippen LogP) is 0.123. The van der Waals surface area contributed by atoms with Gasteiger partial charge in [0.1, 0.15) is 4.90 Å². The number of hydrogen-bond acceptors (Lipinski definition) is 5. The van der Waals surface area contributed by atoms with Gasteiger partial charge >= 0.3 is 0 Å². The molecule has 1 saturated heterocycles. The summed E-state index contributed by atoms with van der Waals surface area (Å²) in [6.07, 6.45) is 0.784. The second kappa shape index (κ2) is 5.17. The second-order valence-corrected chi connectivity index (χ2v) is 6.42. The summed E-state index contributed by atoms with van der Waals surface area (Å²) in [4.78, 5) is 2.09. The van der Waals surface area contributed by atoms with Crippen LogP contribution in [0.5, 0.6) is 0 Å². The molecule has 1 fully saturated rings. The highest BCUT2D eigenvalue weighted by Gasteiger charge is 2.26. The Morgan fingerprint density at radius 1 is 1.53 bits per heavy atom. The summed E-state index contributed by atoms with van der Waals surface area (Å²) in [7, 11) is -1.69. The van der Waals surface area contributed by atoms with Crippen LogP contribution in [0.4, 0.5) is 5.69 Å². The van der Waals surface area contributed by atoms with Crippen LogP contribution in [-0.2, 0) is 10.0 Å². The third kappa shape index (κ3) is 3.04. The van der Waals surface area contributed by atoms with Crippen molar-refractivity contribution < 1.29 is 8.42 Å². The average molecular weight is 280 g/mol. The van der Waals surface area contributed by atoms with E-state index in [1.807, 2.05) is 13.1 Å². The van der Waals surface area contributed by atoms with Crippen LogP contribution in [0.15, 0.2) is 23.1 Å². The molecule has 0 saturated carbocycles. The molecule has 0 amide bonds. The standard InChI is InChI=1S/C12H16N4O2S/c1-16-5-4-10(8-16)15-19(17,18)12-3-2-9(7-13)6-11(12)14/h2-3,6,10,15H,4-5,8,14H2,1H3. The van der Waals surface area contributed by atoms with Gasteiger partial charge in [-0.1, -0.05) is 0 Å². The van der Waals surface area contributed by atoms with E-state index in [0.29, 0.717) is 12.1 Å². The Hall–Kier alpha value is -1.62. The van der Waals surface area contributed by atoms with Gasteiger partial charge in [-0.3, -0.25) is 0 Å². The number of anilines is 1. The Morgan fingerprint density at radius 2 is 2.26 bits per heavy atom. The van der Waals surface area contributed by atoms with Crippen molar-refractivity contribution in [3.63, 3.8) is 0 Å². The molecule has 3 N–H and O–H groups in total. The lowest BCUT2D eigenvalue weighted by Gasteiger charge is -2.14. The molecule has 6 nitrogen and oxygen atoms in total. The van der Waals surface area contributed by atoms with E-state index in [9.17, 15) is 8.42 Å². The highest BCUT2D eigenvalue weighted by Crippen LogP contribution is 2.20. The first-order valence-electron chi connectivity index (χ1n) is 5.93. The van der Waals surface area contributed by atoms with Crippen LogP contribution in [0.25, 0.3) is 0 Å². The van der Waals surface area contributed by atoms with E-state index in [4.69, 9.17) is 11.0 Å². The van der Waals surface area contributed by atoms with E-state index in [1.54, 1.807) is 0 Å². The van der Waals surface area contributed by atoms with Gasteiger partial charge in [-0.25, -0.2) is 13.1 Å². The fourth-order valence-electron chi connectivity index (χ4n) is 2.18. The lowest BCUT2D eigenvalue weighted by atomic mass is 10.2. The third-order valence-corrected chi connectivity index (χ3v) is 4.74. The Morgan fingerprint density at radius 3 is 2.79 bits per heavy atom. The fraction of sp³-hybridized carbons (Fsp3) is 0.417. The van der Waals surface area contributed by atoms with E-state index in [0.717, 1.165) is 13.0 Å². The molecule has 0 aromatic heterocycles. The second-order valence-electron chi connectivity index (χ2n) is 4.73. The zero-order valence-electron chi connectivity index (χ0n) is 10.6. The number of nitrogens with one attached hydrogen (secondary N) is 1. The first-order valence-corrected chi connectivity index (χ1v) is 7.41. The summed E-state index contributed by atoms with van der Waals surface area (Å²) < 4.78 is 27.1. The molecule has 0 radical (unpaired) electrons. The van der Waals surface area contributed by atoms with Crippen molar-refractivity contribution in [2.75, 3.05) is 25.9 Å². The van der Waals surface area contributed by atoms with Gasteiger partial charge in [-0.2, -0.15) is 5.26 Å². The fourth-order valence-corrected chi connectivity index (χ4v) is 3.55. The van der Waals surface area contributed by atoms with E-state index in [1.165, 1.54) is 18.2 Å². The normalized spacial score (nSPS) is 20.3. The maximum absolute atomic E-state index is 12.2. The molecule has 1 aromatic rings. The van der Waals surface area contributed by atoms with Crippen molar-refractivity contribution in [2.24, 2.45) is 0 Å². The van der Waals surface area contributed by atoms with Crippen molar-refractivity contribution in [1.29, 1.82) is 5.26 Å². The zero-order valence-corrected chi connectivity index (χ0v) is 11.4. The summed E-state index contributed by atoms with van der Waals surface area (Å²) in [6, 6.07) is 6.02. The summed E-state index contributed by atoms with van der Waals surface area (Å²) in [5.41, 5.74) is 6.14. The maximum atomic E-state index is 12.2. The van der Waals surface area contributed by atoms with E-state index in [2.05, 4.69) is 9.62 Å². The number of nitriles is 1. The quantitative estimate of drug-likeness (QED) is 0.766. The number of nitrogens with two attached hydrogens (primary N) is 1. The Bertz CT molecular complexity index is 621. The molecular formula is C12H16N4O2S. The Balaban J connectivity index is 2.23. The summed E-state index contributed by atoms with van der Waals surface area (Å²) in [5.74, 6) is 0. The topological polar surface area (TPSA) is 99.2 Å². The predicted molar refractivity (Wildman–Crippen MR) is 71.8 cm³/mol. The summed E-state index contributed by atoms with van der Waals surface area (Å²) in [5, 5.41) is 8.74. The van der Waals surface area contributed by atoms with Gasteiger partial charge in [0.25, 0.3) is 0 Å². The van der Waals surface area contributed by atoms with Crippen LogP contribution in [0.1, 0.15) is 12.0 Å². The SMILES string of the molecule is CN1CCC(NS(=O)(=O)c2ccc(C#N)cc2N)C1. The molecule has 1 atom stereocenters. The van der Waals surface area contributed by atoms with Crippen LogP contribution in [0.2, 0.25) is 0 Å². The molecular weight excluding hydrogens is 264 g/mol. The Kier molecular flexibility index (Phi) is 3.75. The lowest BCUT2D eigenvalue weighted by molar-refractivity contribution is 0.407. The number of nitrogen functional groups attached to an aromatic ring is 1. The van der Waals surface area contributed by atoms with Crippen molar-refractivity contribution in [3.8, 4) is 6.07 Å². The van der Waals surface area contributed by atoms with E-state index >= 15 is 0 Å². The molecule has 1 aliphatic heterocycles. The van der Waals surface area contributed by atoms with Crippen molar-refractivity contribution in [3.05, 3.63) is 23.8 Å². The molecule has 1 unspecified atom stereocenters. The summed E-state index contributed by atoms with van der Waals surface area (Å²) in [6.45, 7) is 1.56. The number of hydrogen-bond donors (Lipinski definition) is 2. The highest BCUT2D eigenvalue weighted by molar-refractivity contribution is 7.89. The van der Waals surface area contributed by atoms with Crippen LogP contribution >= 0.6 is 0 Å². The first-order chi connectivity index (χ1) is 8.92. The van der Waals surface area contributed by atoms with Gasteiger partial charge in [-0.15, -0.1) is 0 Å². The van der Waals surface area contributed by atoms with Crippen LogP contribution in [-0.4, -0.2) is 39.5 Å². The van der Waals surface area contributed by atoms with Crippen LogP contribution < -0.4 is 10.5 Å². The largest absolute Gasteiger partial charge is 0.398 e. The van der Waals surface area contributed by atoms with E-state index < -0.39 is 10.0 Å². The van der Waals surface area contributed by atoms with Crippen LogP contribution in [0.3, 0.4) is 0 Å². The summed E-state index contributed by atoms with van der Waals surface area (Å²) >= 11 is 0. The van der Waals surface area contributed by atoms with Gasteiger partial charge in [0.15, 0.2) is 0 Å². The molecule has 1 aliphatic rings. The molecule has 0 aliphatic carbocycles. The van der Waals surface area contributed by atoms with E-state index in [-0.39, 0.29) is 16.6 Å². The van der Waals surface area contributed by atoms with Crippen LogP contribution in [0, 0.1) is 11.3 Å². The number of benzene rings is 1. The molecule has 7 heteroatoms. The maximum Gasteiger partial charge on any atom is 0.242 e. The zero-order chi connectivity index (χ0) is 14.0. The van der Waals surface area contributed by atoms with Gasteiger partial charge in [0, 0.05) is 12.6 Å².